The largest absolute Gasteiger partial charge is 0.427 e. The molecule has 20 heavy (non-hydrogen) atoms. The van der Waals surface area contributed by atoms with E-state index in [0.29, 0.717) is 27.6 Å². The topological polar surface area (TPSA) is 59.3 Å². The van der Waals surface area contributed by atoms with Gasteiger partial charge in [0.05, 0.1) is 5.56 Å². The molecule has 0 aliphatic rings. The van der Waals surface area contributed by atoms with Crippen LogP contribution in [0, 0.1) is 20.8 Å². The lowest BCUT2D eigenvalue weighted by Gasteiger charge is -2.11. The average Bonchev–Trinajstić information content (AvgIpc) is 2.33. The second kappa shape index (κ2) is 5.51. The Labute approximate surface area is 121 Å². The number of anilines is 1. The van der Waals surface area contributed by atoms with E-state index in [4.69, 9.17) is 16.0 Å². The Morgan fingerprint density at radius 1 is 1.25 bits per heavy atom. The van der Waals surface area contributed by atoms with Gasteiger partial charge in [-0.05, 0) is 44.0 Å². The van der Waals surface area contributed by atoms with Crippen molar-refractivity contribution in [3.05, 3.63) is 62.2 Å². The molecule has 4 nitrogen and oxygen atoms in total. The summed E-state index contributed by atoms with van der Waals surface area (Å²) in [5.41, 5.74) is 1.90. The zero-order valence-electron chi connectivity index (χ0n) is 11.4. The molecule has 104 valence electrons. The van der Waals surface area contributed by atoms with Gasteiger partial charge in [-0.25, -0.2) is 4.79 Å². The van der Waals surface area contributed by atoms with E-state index in [1.54, 1.807) is 32.0 Å². The van der Waals surface area contributed by atoms with Crippen molar-refractivity contribution in [3.63, 3.8) is 0 Å². The van der Waals surface area contributed by atoms with Gasteiger partial charge >= 0.3 is 5.63 Å². The summed E-state index contributed by atoms with van der Waals surface area (Å²) >= 11 is 6.02. The molecule has 0 aliphatic heterocycles. The van der Waals surface area contributed by atoms with E-state index >= 15 is 0 Å². The number of carbonyl (C=O) groups excluding carboxylic acids is 1. The predicted molar refractivity (Wildman–Crippen MR) is 78.6 cm³/mol. The van der Waals surface area contributed by atoms with E-state index in [1.165, 1.54) is 6.07 Å². The van der Waals surface area contributed by atoms with Crippen LogP contribution in [0.2, 0.25) is 5.02 Å². The lowest BCUT2D eigenvalue weighted by Crippen LogP contribution is -2.17. The van der Waals surface area contributed by atoms with E-state index in [0.717, 1.165) is 5.56 Å². The van der Waals surface area contributed by atoms with Gasteiger partial charge in [0.2, 0.25) is 0 Å². The van der Waals surface area contributed by atoms with Crippen LogP contribution >= 0.6 is 11.6 Å². The molecule has 0 bridgehead atoms. The first-order valence-electron chi connectivity index (χ1n) is 6.08. The third kappa shape index (κ3) is 2.75. The Hall–Kier alpha value is -2.07. The Morgan fingerprint density at radius 2 is 1.95 bits per heavy atom. The summed E-state index contributed by atoms with van der Waals surface area (Å²) in [5.74, 6) is -0.0266. The van der Waals surface area contributed by atoms with Crippen LogP contribution < -0.4 is 10.9 Å². The minimum atomic E-state index is -0.463. The molecule has 1 N–H and O–H groups in total. The molecule has 0 radical (unpaired) electrons. The first-order valence-corrected chi connectivity index (χ1v) is 6.45. The molecule has 0 unspecified atom stereocenters. The maximum atomic E-state index is 12.3. The molecule has 1 aromatic carbocycles. The molecule has 2 aromatic rings. The first kappa shape index (κ1) is 14.3. The molecule has 1 amide bonds. The van der Waals surface area contributed by atoms with Crippen molar-refractivity contribution in [2.75, 3.05) is 5.32 Å². The third-order valence-corrected chi connectivity index (χ3v) is 3.49. The zero-order valence-corrected chi connectivity index (χ0v) is 12.2. The van der Waals surface area contributed by atoms with E-state index < -0.39 is 5.63 Å². The van der Waals surface area contributed by atoms with E-state index in [9.17, 15) is 9.59 Å². The van der Waals surface area contributed by atoms with Crippen LogP contribution in [0.1, 0.15) is 27.2 Å². The number of halogens is 1. The minimum Gasteiger partial charge on any atom is -0.427 e. The SMILES string of the molecule is Cc1cc(=O)oc(C)c1C(=O)Nc1cccc(Cl)c1C. The number of hydrogen-bond acceptors (Lipinski definition) is 3. The standard InChI is InChI=1S/C15H14ClNO3/c1-8-7-13(18)20-10(3)14(8)15(19)17-12-6-4-5-11(16)9(12)2/h4-7H,1-3H3,(H,17,19). The van der Waals surface area contributed by atoms with Gasteiger partial charge in [-0.3, -0.25) is 4.79 Å². The summed E-state index contributed by atoms with van der Waals surface area (Å²) in [5, 5.41) is 3.36. The Bertz CT molecular complexity index is 708. The van der Waals surface area contributed by atoms with E-state index in [-0.39, 0.29) is 5.91 Å². The smallest absolute Gasteiger partial charge is 0.336 e. The van der Waals surface area contributed by atoms with Crippen LogP contribution in [-0.2, 0) is 0 Å². The number of hydrogen-bond donors (Lipinski definition) is 1. The Morgan fingerprint density at radius 3 is 2.60 bits per heavy atom. The minimum absolute atomic E-state index is 0.298. The summed E-state index contributed by atoms with van der Waals surface area (Å²) < 4.78 is 4.96. The van der Waals surface area contributed by atoms with Crippen LogP contribution in [0.3, 0.4) is 0 Å². The second-order valence-electron chi connectivity index (χ2n) is 4.55. The number of rotatable bonds is 2. The van der Waals surface area contributed by atoms with Crippen molar-refractivity contribution in [2.24, 2.45) is 0 Å². The van der Waals surface area contributed by atoms with Crippen LogP contribution in [0.25, 0.3) is 0 Å². The molecule has 5 heteroatoms. The highest BCUT2D eigenvalue weighted by Crippen LogP contribution is 2.24. The average molecular weight is 292 g/mol. The summed E-state index contributed by atoms with van der Waals surface area (Å²) in [7, 11) is 0. The molecule has 0 aliphatic carbocycles. The quantitative estimate of drug-likeness (QED) is 0.921. The molecular formula is C15H14ClNO3. The summed E-state index contributed by atoms with van der Waals surface area (Å²) in [6.07, 6.45) is 0. The van der Waals surface area contributed by atoms with Crippen molar-refractivity contribution in [2.45, 2.75) is 20.8 Å². The monoisotopic (exact) mass is 291 g/mol. The maximum Gasteiger partial charge on any atom is 0.336 e. The summed E-state index contributed by atoms with van der Waals surface area (Å²) in [4.78, 5) is 23.5. The first-order chi connectivity index (χ1) is 9.40. The third-order valence-electron chi connectivity index (χ3n) is 3.08. The Balaban J connectivity index is 2.39. The van der Waals surface area contributed by atoms with Crippen LogP contribution in [0.5, 0.6) is 0 Å². The number of aryl methyl sites for hydroxylation is 2. The molecule has 2 rings (SSSR count). The van der Waals surface area contributed by atoms with Crippen molar-refractivity contribution < 1.29 is 9.21 Å². The lowest BCUT2D eigenvalue weighted by atomic mass is 10.1. The molecule has 1 heterocycles. The maximum absolute atomic E-state index is 12.3. The second-order valence-corrected chi connectivity index (χ2v) is 4.95. The van der Waals surface area contributed by atoms with E-state index in [1.807, 2.05) is 6.92 Å². The number of carbonyl (C=O) groups is 1. The molecule has 0 atom stereocenters. The van der Waals surface area contributed by atoms with Gasteiger partial charge in [-0.1, -0.05) is 17.7 Å². The van der Waals surface area contributed by atoms with Gasteiger partial charge < -0.3 is 9.73 Å². The van der Waals surface area contributed by atoms with Crippen molar-refractivity contribution in [3.8, 4) is 0 Å². The Kier molecular flexibility index (Phi) is 3.95. The van der Waals surface area contributed by atoms with Gasteiger partial charge in [-0.2, -0.15) is 0 Å². The predicted octanol–water partition coefficient (Wildman–Crippen LogP) is 3.47. The molecule has 0 fully saturated rings. The summed E-state index contributed by atoms with van der Waals surface area (Å²) in [6, 6.07) is 6.58. The van der Waals surface area contributed by atoms with Crippen LogP contribution in [-0.4, -0.2) is 5.91 Å². The van der Waals surface area contributed by atoms with Crippen LogP contribution in [0.15, 0.2) is 33.5 Å². The number of amides is 1. The fourth-order valence-corrected chi connectivity index (χ4v) is 2.20. The molecule has 0 saturated carbocycles. The lowest BCUT2D eigenvalue weighted by molar-refractivity contribution is 0.102. The highest BCUT2D eigenvalue weighted by Gasteiger charge is 2.16. The number of nitrogens with one attached hydrogen (secondary N) is 1. The van der Waals surface area contributed by atoms with Gasteiger partial charge in [-0.15, -0.1) is 0 Å². The normalized spacial score (nSPS) is 10.4. The van der Waals surface area contributed by atoms with Gasteiger partial charge in [0.1, 0.15) is 5.76 Å². The fraction of sp³-hybridized carbons (Fsp3) is 0.200. The highest BCUT2D eigenvalue weighted by molar-refractivity contribution is 6.31. The van der Waals surface area contributed by atoms with E-state index in [2.05, 4.69) is 5.32 Å². The highest BCUT2D eigenvalue weighted by atomic mass is 35.5. The fourth-order valence-electron chi connectivity index (χ4n) is 2.02. The summed E-state index contributed by atoms with van der Waals surface area (Å²) in [6.45, 7) is 5.11. The molecule has 0 spiro atoms. The van der Waals surface area contributed by atoms with Crippen molar-refractivity contribution in [1.29, 1.82) is 0 Å². The van der Waals surface area contributed by atoms with Crippen molar-refractivity contribution in [1.82, 2.24) is 0 Å². The molecule has 1 aromatic heterocycles. The molecule has 0 saturated heterocycles. The van der Waals surface area contributed by atoms with Gasteiger partial charge in [0.15, 0.2) is 0 Å². The number of benzene rings is 1. The zero-order chi connectivity index (χ0) is 14.9. The van der Waals surface area contributed by atoms with Crippen LogP contribution in [0.4, 0.5) is 5.69 Å². The van der Waals surface area contributed by atoms with Gasteiger partial charge in [0.25, 0.3) is 5.91 Å². The molecular weight excluding hydrogens is 278 g/mol. The van der Waals surface area contributed by atoms with Gasteiger partial charge in [0, 0.05) is 16.8 Å². The van der Waals surface area contributed by atoms with Crippen molar-refractivity contribution >= 4 is 23.2 Å².